The Bertz CT molecular complexity index is 1030. The Morgan fingerprint density at radius 2 is 1.91 bits per heavy atom. The zero-order chi connectivity index (χ0) is 23.9. The van der Waals surface area contributed by atoms with Crippen LogP contribution in [0.15, 0.2) is 12.4 Å². The summed E-state index contributed by atoms with van der Waals surface area (Å²) < 4.78 is 43.6. The average Bonchev–Trinajstić information content (AvgIpc) is 3.15. The number of aromatic nitrogens is 4. The number of nitrogens with one attached hydrogen (secondary N) is 2. The van der Waals surface area contributed by atoms with Crippen LogP contribution in [0.3, 0.4) is 0 Å². The molecule has 9 nitrogen and oxygen atoms in total. The summed E-state index contributed by atoms with van der Waals surface area (Å²) in [6.07, 6.45) is -0.555. The molecule has 0 aromatic carbocycles. The Labute approximate surface area is 189 Å². The fourth-order valence-corrected chi connectivity index (χ4v) is 4.36. The molecule has 3 atom stereocenters. The van der Waals surface area contributed by atoms with Gasteiger partial charge in [-0.15, -0.1) is 0 Å². The highest BCUT2D eigenvalue weighted by atomic mass is 19.4. The number of carbonyl (C=O) groups excluding carboxylic acids is 1. The maximum atomic E-state index is 12.6. The lowest BCUT2D eigenvalue weighted by molar-refractivity contribution is -0.145. The molecule has 33 heavy (non-hydrogen) atoms. The molecule has 2 aromatic heterocycles. The highest BCUT2D eigenvalue weighted by Gasteiger charge is 2.36. The van der Waals surface area contributed by atoms with Crippen LogP contribution in [0.5, 0.6) is 5.75 Å². The Balaban J connectivity index is 1.41. The van der Waals surface area contributed by atoms with Crippen LogP contribution in [0.25, 0.3) is 0 Å². The van der Waals surface area contributed by atoms with E-state index in [1.54, 1.807) is 0 Å². The lowest BCUT2D eigenvalue weighted by Crippen LogP contribution is -2.49. The van der Waals surface area contributed by atoms with Crippen molar-refractivity contribution in [1.29, 1.82) is 0 Å². The number of likely N-dealkylation sites (N-methyl/N-ethyl adjacent to an activating group) is 1. The summed E-state index contributed by atoms with van der Waals surface area (Å²) in [5.74, 6) is 0.164. The number of carbonyl (C=O) groups is 1. The molecule has 2 aromatic rings. The fourth-order valence-electron chi connectivity index (χ4n) is 4.36. The van der Waals surface area contributed by atoms with Gasteiger partial charge in [-0.1, -0.05) is 13.8 Å². The van der Waals surface area contributed by atoms with E-state index >= 15 is 0 Å². The summed E-state index contributed by atoms with van der Waals surface area (Å²) in [6, 6.07) is -0.290. The number of fused-ring (bicyclic) bond motifs is 1. The second kappa shape index (κ2) is 8.64. The average molecular weight is 465 g/mol. The van der Waals surface area contributed by atoms with Gasteiger partial charge in [0.15, 0.2) is 11.6 Å². The number of halogens is 3. The van der Waals surface area contributed by atoms with Crippen LogP contribution < -0.4 is 20.3 Å². The van der Waals surface area contributed by atoms with Gasteiger partial charge in [0.25, 0.3) is 0 Å². The van der Waals surface area contributed by atoms with E-state index in [-0.39, 0.29) is 35.8 Å². The maximum absolute atomic E-state index is 12.6. The largest absolute Gasteiger partial charge is 0.487 e. The molecule has 1 saturated carbocycles. The van der Waals surface area contributed by atoms with Gasteiger partial charge in [-0.2, -0.15) is 18.2 Å². The van der Waals surface area contributed by atoms with Crippen molar-refractivity contribution in [2.45, 2.75) is 64.4 Å². The summed E-state index contributed by atoms with van der Waals surface area (Å²) in [5.41, 5.74) is 1.28. The van der Waals surface area contributed by atoms with E-state index in [4.69, 9.17) is 4.74 Å². The summed E-state index contributed by atoms with van der Waals surface area (Å²) in [5, 5.41) is 6.25. The molecule has 4 rings (SSSR count). The van der Waals surface area contributed by atoms with E-state index in [0.717, 1.165) is 18.8 Å². The van der Waals surface area contributed by atoms with Crippen molar-refractivity contribution in [2.24, 2.45) is 5.92 Å². The number of alkyl halides is 3. The van der Waals surface area contributed by atoms with Gasteiger partial charge in [0.1, 0.15) is 17.8 Å². The van der Waals surface area contributed by atoms with Crippen molar-refractivity contribution in [3.8, 4) is 5.75 Å². The molecule has 0 unspecified atom stereocenters. The van der Waals surface area contributed by atoms with Gasteiger partial charge < -0.3 is 20.3 Å². The van der Waals surface area contributed by atoms with Gasteiger partial charge >= 0.3 is 6.18 Å². The van der Waals surface area contributed by atoms with Crippen molar-refractivity contribution in [3.63, 3.8) is 0 Å². The van der Waals surface area contributed by atoms with E-state index in [9.17, 15) is 18.0 Å². The van der Waals surface area contributed by atoms with Crippen LogP contribution in [-0.4, -0.2) is 51.1 Å². The maximum Gasteiger partial charge on any atom is 0.451 e. The molecule has 2 aliphatic rings. The minimum absolute atomic E-state index is 0.0344. The van der Waals surface area contributed by atoms with Gasteiger partial charge in [-0.05, 0) is 25.7 Å². The molecule has 3 heterocycles. The number of nitrogens with zero attached hydrogens (tertiary/aromatic N) is 5. The fraction of sp³-hybridized carbons (Fsp3) is 0.571. The number of anilines is 3. The molecule has 12 heteroatoms. The van der Waals surface area contributed by atoms with Crippen molar-refractivity contribution < 1.29 is 22.7 Å². The predicted molar refractivity (Wildman–Crippen MR) is 115 cm³/mol. The first-order chi connectivity index (χ1) is 15.5. The lowest BCUT2D eigenvalue weighted by atomic mass is 9.99. The molecule has 0 bridgehead atoms. The van der Waals surface area contributed by atoms with Gasteiger partial charge in [0.05, 0.1) is 18.1 Å². The number of ether oxygens (including phenoxy) is 1. The minimum atomic E-state index is -4.58. The van der Waals surface area contributed by atoms with E-state index < -0.39 is 12.0 Å². The van der Waals surface area contributed by atoms with E-state index in [2.05, 4.69) is 30.6 Å². The normalized spacial score (nSPS) is 22.8. The molecule has 0 saturated heterocycles. The molecule has 1 aliphatic carbocycles. The van der Waals surface area contributed by atoms with Gasteiger partial charge in [-0.3, -0.25) is 4.79 Å². The Kier molecular flexibility index (Phi) is 6.02. The SMILES string of the molecule is Cc1nc(N[C@@H]2CC[C@@H](Oc3cnc(C(F)(F)F)nc3)C2)nc2c1NC(=O)[C@H](C(C)C)N2C. The predicted octanol–water partition coefficient (Wildman–Crippen LogP) is 3.42. The minimum Gasteiger partial charge on any atom is -0.487 e. The first-order valence-electron chi connectivity index (χ1n) is 10.8. The van der Waals surface area contributed by atoms with Crippen LogP contribution in [0.2, 0.25) is 0 Å². The van der Waals surface area contributed by atoms with Crippen LogP contribution in [-0.2, 0) is 11.0 Å². The Morgan fingerprint density at radius 3 is 2.55 bits per heavy atom. The Morgan fingerprint density at radius 1 is 1.21 bits per heavy atom. The molecule has 2 N–H and O–H groups in total. The molecule has 0 radical (unpaired) electrons. The highest BCUT2D eigenvalue weighted by molar-refractivity contribution is 6.03. The zero-order valence-electron chi connectivity index (χ0n) is 18.8. The monoisotopic (exact) mass is 465 g/mol. The molecule has 1 amide bonds. The second-order valence-electron chi connectivity index (χ2n) is 8.75. The second-order valence-corrected chi connectivity index (χ2v) is 8.75. The van der Waals surface area contributed by atoms with Crippen LogP contribution in [0.4, 0.5) is 30.6 Å². The first-order valence-corrected chi connectivity index (χ1v) is 10.8. The topological polar surface area (TPSA) is 105 Å². The van der Waals surface area contributed by atoms with Gasteiger partial charge in [0, 0.05) is 19.5 Å². The molecule has 1 aliphatic heterocycles. The van der Waals surface area contributed by atoms with Crippen LogP contribution >= 0.6 is 0 Å². The lowest BCUT2D eigenvalue weighted by Gasteiger charge is -2.37. The molecule has 178 valence electrons. The third-order valence-corrected chi connectivity index (χ3v) is 5.87. The van der Waals surface area contributed by atoms with E-state index in [1.165, 1.54) is 0 Å². The zero-order valence-corrected chi connectivity index (χ0v) is 18.8. The first kappa shape index (κ1) is 23.0. The summed E-state index contributed by atoms with van der Waals surface area (Å²) in [4.78, 5) is 30.2. The third kappa shape index (κ3) is 4.79. The quantitative estimate of drug-likeness (QED) is 0.692. The standard InChI is InChI=1S/C21H26F3N7O2/c1-10(2)16-18(32)29-15-11(3)27-20(30-17(15)31(16)4)28-12-5-6-13(7-12)33-14-8-25-19(26-9-14)21(22,23)24/h8-10,12-13,16H,5-7H2,1-4H3,(H,29,32)(H,27,28,30)/t12-,13-,16+/m1/s1. The van der Waals surface area contributed by atoms with Crippen LogP contribution in [0, 0.1) is 12.8 Å². The van der Waals surface area contributed by atoms with Gasteiger partial charge in [0.2, 0.25) is 17.7 Å². The smallest absolute Gasteiger partial charge is 0.451 e. The van der Waals surface area contributed by atoms with Crippen molar-refractivity contribution in [3.05, 3.63) is 23.9 Å². The summed E-state index contributed by atoms with van der Waals surface area (Å²) in [6.45, 7) is 5.79. The molecule has 0 spiro atoms. The summed E-state index contributed by atoms with van der Waals surface area (Å²) in [7, 11) is 1.85. The van der Waals surface area contributed by atoms with Gasteiger partial charge in [-0.25, -0.2) is 15.0 Å². The highest BCUT2D eigenvalue weighted by Crippen LogP contribution is 2.35. The summed E-state index contributed by atoms with van der Waals surface area (Å²) >= 11 is 0. The molecular formula is C21H26F3N7O2. The number of amides is 1. The number of aryl methyl sites for hydroxylation is 1. The number of hydrogen-bond acceptors (Lipinski definition) is 8. The van der Waals surface area contributed by atoms with E-state index in [1.807, 2.05) is 32.7 Å². The van der Waals surface area contributed by atoms with Crippen molar-refractivity contribution in [2.75, 3.05) is 22.6 Å². The molecule has 1 fully saturated rings. The number of hydrogen-bond donors (Lipinski definition) is 2. The van der Waals surface area contributed by atoms with E-state index in [0.29, 0.717) is 36.0 Å². The van der Waals surface area contributed by atoms with Crippen LogP contribution in [0.1, 0.15) is 44.6 Å². The Hall–Kier alpha value is -3.18. The van der Waals surface area contributed by atoms with Crippen molar-refractivity contribution in [1.82, 2.24) is 19.9 Å². The third-order valence-electron chi connectivity index (χ3n) is 5.87. The van der Waals surface area contributed by atoms with Crippen molar-refractivity contribution >= 4 is 23.4 Å². The number of rotatable bonds is 5. The molecular weight excluding hydrogens is 439 g/mol.